The molecular weight excluding hydrogens is 416 g/mol. The summed E-state index contributed by atoms with van der Waals surface area (Å²) in [5.74, 6) is 1.01. The SMILES string of the molecule is Cc1c(-c2nc(-c3ccccn3)no2)oc2ccc(S(=O)(=O)N3CCCCCC3)cc12. The molecular formula is C22H22N4O4S. The Kier molecular flexibility index (Phi) is 5.07. The first-order chi connectivity index (χ1) is 15.0. The Morgan fingerprint density at radius 1 is 1.03 bits per heavy atom. The molecule has 1 fully saturated rings. The van der Waals surface area contributed by atoms with Crippen LogP contribution in [0.2, 0.25) is 0 Å². The smallest absolute Gasteiger partial charge is 0.294 e. The number of hydrogen-bond donors (Lipinski definition) is 0. The second kappa shape index (κ2) is 7.90. The summed E-state index contributed by atoms with van der Waals surface area (Å²) in [4.78, 5) is 8.90. The summed E-state index contributed by atoms with van der Waals surface area (Å²) in [5.41, 5.74) is 1.91. The molecule has 0 atom stereocenters. The zero-order valence-electron chi connectivity index (χ0n) is 17.1. The van der Waals surface area contributed by atoms with Crippen LogP contribution in [0.5, 0.6) is 0 Å². The predicted molar refractivity (Wildman–Crippen MR) is 115 cm³/mol. The molecule has 8 nitrogen and oxygen atoms in total. The minimum absolute atomic E-state index is 0.228. The maximum absolute atomic E-state index is 13.2. The van der Waals surface area contributed by atoms with Gasteiger partial charge in [-0.3, -0.25) is 4.98 Å². The molecule has 0 aliphatic carbocycles. The lowest BCUT2D eigenvalue weighted by Gasteiger charge is -2.19. The number of aryl methyl sites for hydroxylation is 1. The molecule has 1 saturated heterocycles. The molecule has 4 heterocycles. The third-order valence-electron chi connectivity index (χ3n) is 5.62. The number of furan rings is 1. The Hall–Kier alpha value is -3.04. The van der Waals surface area contributed by atoms with E-state index in [1.54, 1.807) is 34.8 Å². The van der Waals surface area contributed by atoms with Gasteiger partial charge < -0.3 is 8.94 Å². The van der Waals surface area contributed by atoms with Crippen molar-refractivity contribution in [1.82, 2.24) is 19.4 Å². The minimum Gasteiger partial charge on any atom is -0.451 e. The Bertz CT molecular complexity index is 1320. The van der Waals surface area contributed by atoms with Crippen LogP contribution in [0, 0.1) is 6.92 Å². The Balaban J connectivity index is 1.52. The summed E-state index contributed by atoms with van der Waals surface area (Å²) >= 11 is 0. The van der Waals surface area contributed by atoms with Crippen LogP contribution in [0.3, 0.4) is 0 Å². The van der Waals surface area contributed by atoms with Gasteiger partial charge in [0.25, 0.3) is 5.89 Å². The molecule has 0 amide bonds. The van der Waals surface area contributed by atoms with Crippen molar-refractivity contribution in [3.63, 3.8) is 0 Å². The monoisotopic (exact) mass is 438 g/mol. The first kappa shape index (κ1) is 19.9. The molecule has 0 bridgehead atoms. The highest BCUT2D eigenvalue weighted by molar-refractivity contribution is 7.89. The van der Waals surface area contributed by atoms with Crippen molar-refractivity contribution in [2.24, 2.45) is 0 Å². The first-order valence-electron chi connectivity index (χ1n) is 10.3. The number of sulfonamides is 1. The average Bonchev–Trinajstić information content (AvgIpc) is 3.28. The van der Waals surface area contributed by atoms with Gasteiger partial charge in [-0.1, -0.05) is 24.1 Å². The molecule has 0 radical (unpaired) electrons. The van der Waals surface area contributed by atoms with Crippen molar-refractivity contribution in [1.29, 1.82) is 0 Å². The van der Waals surface area contributed by atoms with Crippen molar-refractivity contribution in [3.8, 4) is 23.2 Å². The number of benzene rings is 1. The maximum atomic E-state index is 13.2. The van der Waals surface area contributed by atoms with Crippen molar-refractivity contribution < 1.29 is 17.4 Å². The van der Waals surface area contributed by atoms with Crippen LogP contribution in [0.1, 0.15) is 31.2 Å². The molecule has 0 saturated carbocycles. The Morgan fingerprint density at radius 2 is 1.84 bits per heavy atom. The Labute approximate surface area is 179 Å². The van der Waals surface area contributed by atoms with E-state index in [4.69, 9.17) is 8.94 Å². The largest absolute Gasteiger partial charge is 0.451 e. The minimum atomic E-state index is -3.55. The maximum Gasteiger partial charge on any atom is 0.294 e. The standard InChI is InChI=1S/C22H22N4O4S/c1-15-17-14-16(31(27,28)26-12-6-2-3-7-13-26)9-10-19(17)29-20(15)22-24-21(25-30-22)18-8-4-5-11-23-18/h4-5,8-11,14H,2-3,6-7,12-13H2,1H3. The number of rotatable bonds is 4. The van der Waals surface area contributed by atoms with E-state index in [0.717, 1.165) is 31.2 Å². The molecule has 0 spiro atoms. The van der Waals surface area contributed by atoms with Crippen LogP contribution >= 0.6 is 0 Å². The van der Waals surface area contributed by atoms with E-state index in [9.17, 15) is 8.42 Å². The molecule has 1 aliphatic rings. The topological polar surface area (TPSA) is 102 Å². The van der Waals surface area contributed by atoms with E-state index in [0.29, 0.717) is 41.3 Å². The number of aromatic nitrogens is 3. The summed E-state index contributed by atoms with van der Waals surface area (Å²) in [6.07, 6.45) is 5.59. The first-order valence-corrected chi connectivity index (χ1v) is 11.8. The highest BCUT2D eigenvalue weighted by Gasteiger charge is 2.27. The van der Waals surface area contributed by atoms with Gasteiger partial charge in [0.1, 0.15) is 11.3 Å². The number of pyridine rings is 1. The van der Waals surface area contributed by atoms with Crippen LogP contribution < -0.4 is 0 Å². The molecule has 1 aromatic carbocycles. The van der Waals surface area contributed by atoms with Gasteiger partial charge in [0, 0.05) is 30.2 Å². The van der Waals surface area contributed by atoms with E-state index in [-0.39, 0.29) is 10.8 Å². The third-order valence-corrected chi connectivity index (χ3v) is 7.52. The normalized spacial score (nSPS) is 15.9. The van der Waals surface area contributed by atoms with Crippen molar-refractivity contribution in [2.75, 3.05) is 13.1 Å². The molecule has 0 unspecified atom stereocenters. The lowest BCUT2D eigenvalue weighted by atomic mass is 10.1. The van der Waals surface area contributed by atoms with Crippen LogP contribution in [-0.2, 0) is 10.0 Å². The average molecular weight is 439 g/mol. The third kappa shape index (κ3) is 3.64. The van der Waals surface area contributed by atoms with E-state index < -0.39 is 10.0 Å². The lowest BCUT2D eigenvalue weighted by Crippen LogP contribution is -2.31. The van der Waals surface area contributed by atoms with Crippen LogP contribution in [-0.4, -0.2) is 40.9 Å². The van der Waals surface area contributed by atoms with E-state index in [1.807, 2.05) is 19.1 Å². The zero-order chi connectivity index (χ0) is 21.4. The van der Waals surface area contributed by atoms with Gasteiger partial charge in [-0.05, 0) is 50.1 Å². The van der Waals surface area contributed by atoms with Gasteiger partial charge in [0.05, 0.1) is 4.90 Å². The molecule has 3 aromatic heterocycles. The van der Waals surface area contributed by atoms with Gasteiger partial charge in [0.15, 0.2) is 5.76 Å². The fraction of sp³-hybridized carbons (Fsp3) is 0.318. The second-order valence-electron chi connectivity index (χ2n) is 7.67. The molecule has 1 aliphatic heterocycles. The van der Waals surface area contributed by atoms with Crippen molar-refractivity contribution in [3.05, 3.63) is 48.2 Å². The molecule has 160 valence electrons. The van der Waals surface area contributed by atoms with Gasteiger partial charge in [0.2, 0.25) is 15.8 Å². The second-order valence-corrected chi connectivity index (χ2v) is 9.61. The van der Waals surface area contributed by atoms with E-state index >= 15 is 0 Å². The summed E-state index contributed by atoms with van der Waals surface area (Å²) in [5, 5.41) is 4.70. The van der Waals surface area contributed by atoms with Gasteiger partial charge >= 0.3 is 0 Å². The summed E-state index contributed by atoms with van der Waals surface area (Å²) < 4.78 is 39.3. The molecule has 31 heavy (non-hydrogen) atoms. The summed E-state index contributed by atoms with van der Waals surface area (Å²) in [7, 11) is -3.55. The molecule has 5 rings (SSSR count). The van der Waals surface area contributed by atoms with Crippen molar-refractivity contribution in [2.45, 2.75) is 37.5 Å². The number of hydrogen-bond acceptors (Lipinski definition) is 7. The summed E-state index contributed by atoms with van der Waals surface area (Å²) in [6, 6.07) is 10.4. The number of fused-ring (bicyclic) bond motifs is 1. The van der Waals surface area contributed by atoms with Gasteiger partial charge in [-0.25, -0.2) is 8.42 Å². The lowest BCUT2D eigenvalue weighted by molar-refractivity contribution is 0.419. The van der Waals surface area contributed by atoms with Crippen LogP contribution in [0.15, 0.2) is 56.4 Å². The van der Waals surface area contributed by atoms with Crippen LogP contribution in [0.25, 0.3) is 34.1 Å². The van der Waals surface area contributed by atoms with E-state index in [2.05, 4.69) is 15.1 Å². The summed E-state index contributed by atoms with van der Waals surface area (Å²) in [6.45, 7) is 2.98. The zero-order valence-corrected chi connectivity index (χ0v) is 17.9. The Morgan fingerprint density at radius 3 is 2.58 bits per heavy atom. The fourth-order valence-corrected chi connectivity index (χ4v) is 5.45. The highest BCUT2D eigenvalue weighted by atomic mass is 32.2. The predicted octanol–water partition coefficient (Wildman–Crippen LogP) is 4.42. The molecule has 0 N–H and O–H groups in total. The van der Waals surface area contributed by atoms with Crippen LogP contribution in [0.4, 0.5) is 0 Å². The number of nitrogens with zero attached hydrogens (tertiary/aromatic N) is 4. The van der Waals surface area contributed by atoms with Gasteiger partial charge in [-0.15, -0.1) is 0 Å². The van der Waals surface area contributed by atoms with E-state index in [1.165, 1.54) is 0 Å². The van der Waals surface area contributed by atoms with Gasteiger partial charge in [-0.2, -0.15) is 9.29 Å². The fourth-order valence-electron chi connectivity index (χ4n) is 3.91. The highest BCUT2D eigenvalue weighted by Crippen LogP contribution is 2.34. The quantitative estimate of drug-likeness (QED) is 0.465. The molecule has 4 aromatic rings. The molecule has 9 heteroatoms. The van der Waals surface area contributed by atoms with Crippen molar-refractivity contribution >= 4 is 21.0 Å².